The quantitative estimate of drug-likeness (QED) is 0.853. The van der Waals surface area contributed by atoms with E-state index < -0.39 is 0 Å². The van der Waals surface area contributed by atoms with Crippen LogP contribution in [0, 0.1) is 0 Å². The Hall–Kier alpha value is -0.650. The van der Waals surface area contributed by atoms with Gasteiger partial charge in [-0.05, 0) is 35.2 Å². The van der Waals surface area contributed by atoms with Gasteiger partial charge in [0.25, 0.3) is 0 Å². The highest BCUT2D eigenvalue weighted by Gasteiger charge is 2.32. The van der Waals surface area contributed by atoms with Gasteiger partial charge < -0.3 is 4.90 Å². The SMILES string of the molecule is Clc1nsnc1N(Cc1ccsc1)C1CC1. The van der Waals surface area contributed by atoms with Gasteiger partial charge in [0.1, 0.15) is 0 Å². The lowest BCUT2D eigenvalue weighted by molar-refractivity contribution is 0.786. The first kappa shape index (κ1) is 10.5. The first-order chi connectivity index (χ1) is 7.84. The lowest BCUT2D eigenvalue weighted by Gasteiger charge is -2.21. The lowest BCUT2D eigenvalue weighted by Crippen LogP contribution is -2.25. The Morgan fingerprint density at radius 3 is 2.88 bits per heavy atom. The van der Waals surface area contributed by atoms with Crippen LogP contribution in [-0.4, -0.2) is 14.8 Å². The van der Waals surface area contributed by atoms with E-state index in [9.17, 15) is 0 Å². The lowest BCUT2D eigenvalue weighted by atomic mass is 10.3. The molecule has 3 nitrogen and oxygen atoms in total. The van der Waals surface area contributed by atoms with E-state index in [-0.39, 0.29) is 0 Å². The second kappa shape index (κ2) is 4.31. The van der Waals surface area contributed by atoms with E-state index >= 15 is 0 Å². The monoisotopic (exact) mass is 271 g/mol. The number of rotatable bonds is 4. The molecule has 0 amide bonds. The molecule has 1 aliphatic rings. The zero-order valence-electron chi connectivity index (χ0n) is 8.47. The Labute approximate surface area is 107 Å². The molecule has 1 aliphatic carbocycles. The van der Waals surface area contributed by atoms with E-state index in [4.69, 9.17) is 11.6 Å². The summed E-state index contributed by atoms with van der Waals surface area (Å²) < 4.78 is 8.32. The van der Waals surface area contributed by atoms with Crippen LogP contribution >= 0.6 is 34.7 Å². The molecule has 6 heteroatoms. The number of nitrogens with zero attached hydrogens (tertiary/aromatic N) is 3. The molecule has 2 heterocycles. The zero-order chi connectivity index (χ0) is 11.0. The van der Waals surface area contributed by atoms with E-state index in [2.05, 4.69) is 30.5 Å². The van der Waals surface area contributed by atoms with Crippen molar-refractivity contribution in [1.82, 2.24) is 8.75 Å². The Kier molecular flexibility index (Phi) is 2.83. The van der Waals surface area contributed by atoms with Gasteiger partial charge in [-0.25, -0.2) is 0 Å². The smallest absolute Gasteiger partial charge is 0.187 e. The fourth-order valence-electron chi connectivity index (χ4n) is 1.69. The Morgan fingerprint density at radius 1 is 1.44 bits per heavy atom. The molecular weight excluding hydrogens is 262 g/mol. The standard InChI is InChI=1S/C10H10ClN3S2/c11-9-10(13-16-12-9)14(8-1-2-8)5-7-3-4-15-6-7/h3-4,6,8H,1-2,5H2. The Bertz CT molecular complexity index is 464. The van der Waals surface area contributed by atoms with Crippen molar-refractivity contribution >= 4 is 40.5 Å². The van der Waals surface area contributed by atoms with E-state index in [1.807, 2.05) is 0 Å². The summed E-state index contributed by atoms with van der Waals surface area (Å²) in [5, 5.41) is 4.80. The fraction of sp³-hybridized carbons (Fsp3) is 0.400. The summed E-state index contributed by atoms with van der Waals surface area (Å²) >= 11 is 8.95. The molecule has 84 valence electrons. The summed E-state index contributed by atoms with van der Waals surface area (Å²) in [7, 11) is 0. The largest absolute Gasteiger partial charge is 0.346 e. The minimum Gasteiger partial charge on any atom is -0.346 e. The number of hydrogen-bond donors (Lipinski definition) is 0. The molecule has 0 unspecified atom stereocenters. The van der Waals surface area contributed by atoms with Crippen LogP contribution in [0.4, 0.5) is 5.82 Å². The fourth-order valence-corrected chi connectivity index (χ4v) is 3.10. The predicted molar refractivity (Wildman–Crippen MR) is 68.4 cm³/mol. The topological polar surface area (TPSA) is 29.0 Å². The molecule has 0 radical (unpaired) electrons. The van der Waals surface area contributed by atoms with Crippen molar-refractivity contribution in [2.24, 2.45) is 0 Å². The van der Waals surface area contributed by atoms with Gasteiger partial charge in [0.15, 0.2) is 11.0 Å². The minimum absolute atomic E-state index is 0.534. The highest BCUT2D eigenvalue weighted by molar-refractivity contribution is 7.07. The molecule has 0 atom stereocenters. The molecular formula is C10H10ClN3S2. The van der Waals surface area contributed by atoms with Gasteiger partial charge in [0, 0.05) is 12.6 Å². The average molecular weight is 272 g/mol. The van der Waals surface area contributed by atoms with Crippen molar-refractivity contribution in [1.29, 1.82) is 0 Å². The van der Waals surface area contributed by atoms with E-state index in [1.165, 1.54) is 30.1 Å². The summed E-state index contributed by atoms with van der Waals surface area (Å²) in [6, 6.07) is 2.75. The number of thiophene rings is 1. The normalized spacial score (nSPS) is 15.3. The van der Waals surface area contributed by atoms with Gasteiger partial charge in [-0.3, -0.25) is 0 Å². The maximum atomic E-state index is 6.04. The van der Waals surface area contributed by atoms with Gasteiger partial charge in [0.2, 0.25) is 0 Å². The van der Waals surface area contributed by atoms with Crippen molar-refractivity contribution < 1.29 is 0 Å². The molecule has 0 aliphatic heterocycles. The molecule has 0 bridgehead atoms. The number of anilines is 1. The molecule has 1 fully saturated rings. The summed E-state index contributed by atoms with van der Waals surface area (Å²) in [5.74, 6) is 0.848. The third kappa shape index (κ3) is 2.07. The number of hydrogen-bond acceptors (Lipinski definition) is 5. The van der Waals surface area contributed by atoms with Gasteiger partial charge in [-0.15, -0.1) is 0 Å². The van der Waals surface area contributed by atoms with Crippen LogP contribution in [0.15, 0.2) is 16.8 Å². The highest BCUT2D eigenvalue weighted by Crippen LogP contribution is 2.35. The third-order valence-corrected chi connectivity index (χ3v) is 4.23. The Balaban J connectivity index is 1.84. The minimum atomic E-state index is 0.534. The summed E-state index contributed by atoms with van der Waals surface area (Å²) in [5.41, 5.74) is 1.32. The van der Waals surface area contributed by atoms with Crippen LogP contribution < -0.4 is 4.90 Å². The second-order valence-corrected chi connectivity index (χ2v) is 5.54. The van der Waals surface area contributed by atoms with Crippen LogP contribution in [0.5, 0.6) is 0 Å². The maximum Gasteiger partial charge on any atom is 0.187 e. The van der Waals surface area contributed by atoms with Crippen LogP contribution in [0.1, 0.15) is 18.4 Å². The van der Waals surface area contributed by atoms with E-state index in [0.717, 1.165) is 12.4 Å². The van der Waals surface area contributed by atoms with Crippen LogP contribution in [0.25, 0.3) is 0 Å². The Morgan fingerprint density at radius 2 is 2.31 bits per heavy atom. The first-order valence-corrected chi connectivity index (χ1v) is 7.15. The van der Waals surface area contributed by atoms with Crippen LogP contribution in [0.3, 0.4) is 0 Å². The molecule has 2 aromatic rings. The average Bonchev–Trinajstić information content (AvgIpc) is 2.82. The number of aromatic nitrogens is 2. The van der Waals surface area contributed by atoms with Crippen molar-refractivity contribution in [3.63, 3.8) is 0 Å². The highest BCUT2D eigenvalue weighted by atomic mass is 35.5. The van der Waals surface area contributed by atoms with Crippen molar-refractivity contribution in [2.75, 3.05) is 4.90 Å². The van der Waals surface area contributed by atoms with Gasteiger partial charge in [-0.1, -0.05) is 11.6 Å². The van der Waals surface area contributed by atoms with Crippen molar-refractivity contribution in [3.05, 3.63) is 27.5 Å². The second-order valence-electron chi connectivity index (χ2n) is 3.87. The molecule has 3 rings (SSSR count). The molecule has 2 aromatic heterocycles. The molecule has 16 heavy (non-hydrogen) atoms. The van der Waals surface area contributed by atoms with Crippen LogP contribution in [0.2, 0.25) is 5.15 Å². The van der Waals surface area contributed by atoms with Crippen molar-refractivity contribution in [2.45, 2.75) is 25.4 Å². The summed E-state index contributed by atoms with van der Waals surface area (Å²) in [6.07, 6.45) is 2.47. The molecule has 0 aromatic carbocycles. The van der Waals surface area contributed by atoms with Crippen molar-refractivity contribution in [3.8, 4) is 0 Å². The van der Waals surface area contributed by atoms with Gasteiger partial charge in [0.05, 0.1) is 11.7 Å². The van der Waals surface area contributed by atoms with Crippen LogP contribution in [-0.2, 0) is 6.54 Å². The molecule has 1 saturated carbocycles. The van der Waals surface area contributed by atoms with Gasteiger partial charge >= 0.3 is 0 Å². The van der Waals surface area contributed by atoms with Gasteiger partial charge in [-0.2, -0.15) is 20.1 Å². The maximum absolute atomic E-state index is 6.04. The molecule has 0 N–H and O–H groups in total. The number of halogens is 1. The predicted octanol–water partition coefficient (Wildman–Crippen LogP) is 3.42. The van der Waals surface area contributed by atoms with E-state index in [1.54, 1.807) is 11.3 Å². The summed E-state index contributed by atoms with van der Waals surface area (Å²) in [4.78, 5) is 2.27. The summed E-state index contributed by atoms with van der Waals surface area (Å²) in [6.45, 7) is 0.888. The molecule has 0 saturated heterocycles. The molecule has 0 spiro atoms. The zero-order valence-corrected chi connectivity index (χ0v) is 10.9. The first-order valence-electron chi connectivity index (χ1n) is 5.10. The van der Waals surface area contributed by atoms with E-state index in [0.29, 0.717) is 11.2 Å². The third-order valence-electron chi connectivity index (χ3n) is 2.63.